The van der Waals surface area contributed by atoms with Gasteiger partial charge in [-0.25, -0.2) is 0 Å². The van der Waals surface area contributed by atoms with Gasteiger partial charge in [0.25, 0.3) is 11.8 Å². The Labute approximate surface area is 271 Å². The molecule has 0 unspecified atom stereocenters. The molecule has 3 N–H and O–H groups in total. The van der Waals surface area contributed by atoms with Crippen LogP contribution in [0.3, 0.4) is 0 Å². The van der Waals surface area contributed by atoms with E-state index in [1.807, 2.05) is 43.5 Å². The van der Waals surface area contributed by atoms with Crippen molar-refractivity contribution in [2.24, 2.45) is 5.41 Å². The van der Waals surface area contributed by atoms with Gasteiger partial charge in [0, 0.05) is 36.6 Å². The number of benzene rings is 2. The van der Waals surface area contributed by atoms with Crippen LogP contribution in [0.2, 0.25) is 0 Å². The number of nitriles is 1. The zero-order valence-electron chi connectivity index (χ0n) is 26.7. The zero-order valence-corrected chi connectivity index (χ0v) is 26.7. The lowest BCUT2D eigenvalue weighted by Crippen LogP contribution is -2.56. The van der Waals surface area contributed by atoms with Crippen molar-refractivity contribution in [3.63, 3.8) is 0 Å². The van der Waals surface area contributed by atoms with Crippen molar-refractivity contribution in [3.8, 4) is 6.07 Å². The van der Waals surface area contributed by atoms with Gasteiger partial charge in [0.2, 0.25) is 0 Å². The number of fused-ring (bicyclic) bond motifs is 1. The second kappa shape index (κ2) is 13.7. The molecular weight excluding hydrogens is 578 g/mol. The van der Waals surface area contributed by atoms with Gasteiger partial charge >= 0.3 is 0 Å². The maximum absolute atomic E-state index is 13.7. The number of hydrogen-bond acceptors (Lipinski definition) is 7. The average Bonchev–Trinajstić information content (AvgIpc) is 3.05. The second-order valence-electron chi connectivity index (χ2n) is 13.4. The van der Waals surface area contributed by atoms with E-state index in [-0.39, 0.29) is 43.0 Å². The SMILES string of the molecule is Cc1cccc(C(=O)N2CCO[C@H](C(=O)N[C@@H](Cc3cccc(C#N)c3)[C@H](O)CN[C@H]3CC4(CCC4)Cc4ncc(C)cc43)C2)c1. The van der Waals surface area contributed by atoms with Crippen LogP contribution in [0.15, 0.2) is 60.8 Å². The number of nitrogens with zero attached hydrogens (tertiary/aromatic N) is 3. The molecule has 9 heteroatoms. The number of rotatable bonds is 9. The van der Waals surface area contributed by atoms with Crippen molar-refractivity contribution < 1.29 is 19.4 Å². The first-order valence-corrected chi connectivity index (χ1v) is 16.4. The number of nitrogens with one attached hydrogen (secondary N) is 2. The Morgan fingerprint density at radius 3 is 2.74 bits per heavy atom. The number of aromatic nitrogens is 1. The summed E-state index contributed by atoms with van der Waals surface area (Å²) in [6.07, 6.45) is 6.10. The van der Waals surface area contributed by atoms with Crippen molar-refractivity contribution in [3.05, 3.63) is 99.9 Å². The highest BCUT2D eigenvalue weighted by Crippen LogP contribution is 2.53. The topological polar surface area (TPSA) is 128 Å². The van der Waals surface area contributed by atoms with Crippen LogP contribution in [0.25, 0.3) is 0 Å². The molecule has 2 aromatic carbocycles. The summed E-state index contributed by atoms with van der Waals surface area (Å²) >= 11 is 0. The molecule has 6 rings (SSSR count). The Bertz CT molecular complexity index is 1630. The summed E-state index contributed by atoms with van der Waals surface area (Å²) in [6.45, 7) is 5.01. The summed E-state index contributed by atoms with van der Waals surface area (Å²) in [5.41, 5.74) is 6.64. The number of ether oxygens (including phenoxy) is 1. The Kier molecular flexibility index (Phi) is 9.50. The van der Waals surface area contributed by atoms with Crippen LogP contribution in [0.5, 0.6) is 0 Å². The minimum atomic E-state index is -0.927. The maximum atomic E-state index is 13.7. The van der Waals surface area contributed by atoms with Crippen molar-refractivity contribution in [2.45, 2.75) is 76.7 Å². The van der Waals surface area contributed by atoms with E-state index in [2.05, 4.69) is 29.7 Å². The molecule has 0 bridgehead atoms. The largest absolute Gasteiger partial charge is 0.390 e. The monoisotopic (exact) mass is 621 g/mol. The fraction of sp³-hybridized carbons (Fsp3) is 0.459. The van der Waals surface area contributed by atoms with Gasteiger partial charge in [0.1, 0.15) is 0 Å². The molecule has 1 aliphatic heterocycles. The average molecular weight is 622 g/mol. The van der Waals surface area contributed by atoms with Crippen molar-refractivity contribution in [1.82, 2.24) is 20.5 Å². The molecule has 240 valence electrons. The van der Waals surface area contributed by atoms with Crippen LogP contribution < -0.4 is 10.6 Å². The molecule has 1 aromatic heterocycles. The van der Waals surface area contributed by atoms with Crippen molar-refractivity contribution >= 4 is 11.8 Å². The minimum absolute atomic E-state index is 0.0623. The van der Waals surface area contributed by atoms with Crippen LogP contribution in [-0.4, -0.2) is 71.3 Å². The summed E-state index contributed by atoms with van der Waals surface area (Å²) in [5, 5.41) is 27.8. The standard InChI is InChI=1S/C37H43N5O4/c1-24-6-3-9-28(14-24)36(45)42-12-13-46-34(23-42)35(44)41-30(17-26-7-4-8-27(16-26)20-38)33(43)22-40-32-19-37(10-5-11-37)18-31-29(32)15-25(2)21-39-31/h3-4,6-9,14-16,21,30,32-34,40,43H,5,10-13,17-19,22-23H2,1-2H3,(H,41,44)/t30-,32-,33+,34-/m0/s1. The van der Waals surface area contributed by atoms with Crippen LogP contribution in [0.1, 0.15) is 75.6 Å². The Balaban J connectivity index is 1.16. The first-order chi connectivity index (χ1) is 22.2. The molecule has 2 aliphatic carbocycles. The van der Waals surface area contributed by atoms with Gasteiger partial charge in [-0.3, -0.25) is 14.6 Å². The molecule has 1 saturated heterocycles. The van der Waals surface area contributed by atoms with Crippen LogP contribution in [-0.2, 0) is 22.4 Å². The Hall–Kier alpha value is -4.10. The number of hydrogen-bond donors (Lipinski definition) is 3. The van der Waals surface area contributed by atoms with E-state index in [4.69, 9.17) is 9.72 Å². The van der Waals surface area contributed by atoms with Gasteiger partial charge in [-0.15, -0.1) is 0 Å². The predicted octanol–water partition coefficient (Wildman–Crippen LogP) is 3.95. The van der Waals surface area contributed by atoms with Gasteiger partial charge in [0.15, 0.2) is 6.10 Å². The summed E-state index contributed by atoms with van der Waals surface area (Å²) in [7, 11) is 0. The Morgan fingerprint density at radius 2 is 1.98 bits per heavy atom. The smallest absolute Gasteiger partial charge is 0.254 e. The third kappa shape index (κ3) is 7.15. The third-order valence-electron chi connectivity index (χ3n) is 9.90. The summed E-state index contributed by atoms with van der Waals surface area (Å²) in [4.78, 5) is 33.3. The van der Waals surface area contributed by atoms with Gasteiger partial charge in [0.05, 0.1) is 36.9 Å². The van der Waals surface area contributed by atoms with E-state index in [0.717, 1.165) is 35.2 Å². The number of aliphatic hydroxyl groups excluding tert-OH is 1. The van der Waals surface area contributed by atoms with E-state index in [0.29, 0.717) is 24.1 Å². The van der Waals surface area contributed by atoms with Gasteiger partial charge in [-0.2, -0.15) is 5.26 Å². The number of aryl methyl sites for hydroxylation is 2. The molecule has 2 amide bonds. The molecule has 2 heterocycles. The fourth-order valence-corrected chi connectivity index (χ4v) is 7.22. The molecule has 2 fully saturated rings. The number of aliphatic hydroxyl groups is 1. The van der Waals surface area contributed by atoms with E-state index in [1.165, 1.54) is 24.8 Å². The molecule has 1 saturated carbocycles. The number of amides is 2. The molecule has 46 heavy (non-hydrogen) atoms. The molecule has 3 aliphatic rings. The predicted molar refractivity (Wildman–Crippen MR) is 174 cm³/mol. The van der Waals surface area contributed by atoms with Gasteiger partial charge < -0.3 is 25.4 Å². The van der Waals surface area contributed by atoms with E-state index in [9.17, 15) is 20.0 Å². The highest BCUT2D eigenvalue weighted by molar-refractivity contribution is 5.95. The van der Waals surface area contributed by atoms with Crippen molar-refractivity contribution in [2.75, 3.05) is 26.2 Å². The second-order valence-corrected chi connectivity index (χ2v) is 13.4. The zero-order chi connectivity index (χ0) is 32.3. The Morgan fingerprint density at radius 1 is 1.15 bits per heavy atom. The number of pyridine rings is 1. The lowest BCUT2D eigenvalue weighted by Gasteiger charge is -2.48. The number of morpholine rings is 1. The minimum Gasteiger partial charge on any atom is -0.390 e. The molecule has 9 nitrogen and oxygen atoms in total. The first-order valence-electron chi connectivity index (χ1n) is 16.4. The van der Waals surface area contributed by atoms with Gasteiger partial charge in [-0.1, -0.05) is 42.3 Å². The van der Waals surface area contributed by atoms with E-state index in [1.54, 1.807) is 23.1 Å². The summed E-state index contributed by atoms with van der Waals surface area (Å²) < 4.78 is 5.84. The van der Waals surface area contributed by atoms with Crippen LogP contribution in [0, 0.1) is 30.6 Å². The lowest BCUT2D eigenvalue weighted by atomic mass is 9.59. The fourth-order valence-electron chi connectivity index (χ4n) is 7.22. The van der Waals surface area contributed by atoms with Gasteiger partial charge in [-0.05, 0) is 92.3 Å². The molecule has 4 atom stereocenters. The highest BCUT2D eigenvalue weighted by Gasteiger charge is 2.44. The summed E-state index contributed by atoms with van der Waals surface area (Å²) in [6, 6.07) is 18.4. The number of carbonyl (C=O) groups is 2. The van der Waals surface area contributed by atoms with E-state index >= 15 is 0 Å². The number of carbonyl (C=O) groups excluding carboxylic acids is 2. The maximum Gasteiger partial charge on any atom is 0.254 e. The molecular formula is C37H43N5O4. The summed E-state index contributed by atoms with van der Waals surface area (Å²) in [5.74, 6) is -0.515. The molecule has 0 radical (unpaired) electrons. The first kappa shape index (κ1) is 31.9. The van der Waals surface area contributed by atoms with Crippen molar-refractivity contribution in [1.29, 1.82) is 5.26 Å². The van der Waals surface area contributed by atoms with E-state index < -0.39 is 18.2 Å². The third-order valence-corrected chi connectivity index (χ3v) is 9.90. The quantitative estimate of drug-likeness (QED) is 0.330. The molecule has 3 aromatic rings. The normalized spacial score (nSPS) is 21.4. The lowest BCUT2D eigenvalue weighted by molar-refractivity contribution is -0.138. The molecule has 1 spiro atoms. The highest BCUT2D eigenvalue weighted by atomic mass is 16.5. The van der Waals surface area contributed by atoms with Crippen LogP contribution in [0.4, 0.5) is 0 Å². The van der Waals surface area contributed by atoms with Crippen LogP contribution >= 0.6 is 0 Å².